The van der Waals surface area contributed by atoms with Gasteiger partial charge in [0.1, 0.15) is 18.4 Å². The zero-order valence-electron chi connectivity index (χ0n) is 22.8. The number of rotatable bonds is 12. The lowest BCUT2D eigenvalue weighted by molar-refractivity contribution is -0.140. The van der Waals surface area contributed by atoms with Crippen LogP contribution in [0.1, 0.15) is 37.5 Å². The number of amides is 2. The fourth-order valence-corrected chi connectivity index (χ4v) is 5.11. The third kappa shape index (κ3) is 8.38. The van der Waals surface area contributed by atoms with E-state index in [9.17, 15) is 22.4 Å². The van der Waals surface area contributed by atoms with E-state index >= 15 is 0 Å². The van der Waals surface area contributed by atoms with Gasteiger partial charge in [-0.3, -0.25) is 13.9 Å². The Morgan fingerprint density at radius 1 is 0.897 bits per heavy atom. The molecule has 3 rings (SSSR count). The number of nitrogens with zero attached hydrogens (tertiary/aromatic N) is 2. The van der Waals surface area contributed by atoms with Gasteiger partial charge in [0.25, 0.3) is 0 Å². The molecule has 0 unspecified atom stereocenters. The summed E-state index contributed by atoms with van der Waals surface area (Å²) in [5.41, 5.74) is 2.38. The summed E-state index contributed by atoms with van der Waals surface area (Å²) in [5, 5.41) is 2.87. The van der Waals surface area contributed by atoms with Crippen LogP contribution in [0.4, 0.5) is 10.1 Å². The molecular weight excluding hydrogens is 517 g/mol. The summed E-state index contributed by atoms with van der Waals surface area (Å²) in [4.78, 5) is 28.7. The van der Waals surface area contributed by atoms with Crippen molar-refractivity contribution in [1.82, 2.24) is 10.2 Å². The van der Waals surface area contributed by atoms with Crippen LogP contribution in [0.15, 0.2) is 78.9 Å². The lowest BCUT2D eigenvalue weighted by atomic mass is 10.0. The molecule has 39 heavy (non-hydrogen) atoms. The number of hydrogen-bond donors (Lipinski definition) is 1. The van der Waals surface area contributed by atoms with Crippen LogP contribution in [0.5, 0.6) is 0 Å². The van der Waals surface area contributed by atoms with Gasteiger partial charge < -0.3 is 10.2 Å². The molecule has 1 atom stereocenters. The smallest absolute Gasteiger partial charge is 0.244 e. The van der Waals surface area contributed by atoms with Crippen molar-refractivity contribution in [3.63, 3.8) is 0 Å². The van der Waals surface area contributed by atoms with E-state index in [0.29, 0.717) is 5.69 Å². The molecule has 0 aliphatic carbocycles. The van der Waals surface area contributed by atoms with Gasteiger partial charge in [0, 0.05) is 24.6 Å². The summed E-state index contributed by atoms with van der Waals surface area (Å²) in [6.45, 7) is 4.86. The molecule has 0 saturated heterocycles. The van der Waals surface area contributed by atoms with Gasteiger partial charge in [-0.1, -0.05) is 67.6 Å². The highest BCUT2D eigenvalue weighted by molar-refractivity contribution is 7.92. The predicted octanol–water partition coefficient (Wildman–Crippen LogP) is 4.32. The minimum absolute atomic E-state index is 0.170. The van der Waals surface area contributed by atoms with Crippen LogP contribution < -0.4 is 9.62 Å². The summed E-state index contributed by atoms with van der Waals surface area (Å²) in [6, 6.07) is 21.0. The molecule has 3 aromatic rings. The average molecular weight is 554 g/mol. The quantitative estimate of drug-likeness (QED) is 0.362. The van der Waals surface area contributed by atoms with Crippen molar-refractivity contribution in [3.8, 4) is 0 Å². The molecular formula is C30H36FN3O4S. The van der Waals surface area contributed by atoms with E-state index in [1.54, 1.807) is 30.3 Å². The second-order valence-corrected chi connectivity index (χ2v) is 11.7. The first kappa shape index (κ1) is 29.8. The minimum Gasteiger partial charge on any atom is -0.352 e. The van der Waals surface area contributed by atoms with Crippen LogP contribution in [-0.2, 0) is 39.0 Å². The maximum atomic E-state index is 14.8. The van der Waals surface area contributed by atoms with E-state index in [4.69, 9.17) is 0 Å². The number of aryl methyl sites for hydroxylation is 1. The third-order valence-electron chi connectivity index (χ3n) is 6.31. The first-order chi connectivity index (χ1) is 18.5. The highest BCUT2D eigenvalue weighted by Gasteiger charge is 2.33. The van der Waals surface area contributed by atoms with Crippen molar-refractivity contribution in [2.75, 3.05) is 17.1 Å². The summed E-state index contributed by atoms with van der Waals surface area (Å²) >= 11 is 0. The average Bonchev–Trinajstić information content (AvgIpc) is 2.89. The van der Waals surface area contributed by atoms with Crippen molar-refractivity contribution in [2.24, 2.45) is 0 Å². The van der Waals surface area contributed by atoms with Gasteiger partial charge in [-0.15, -0.1) is 0 Å². The van der Waals surface area contributed by atoms with Gasteiger partial charge in [0.05, 0.1) is 11.9 Å². The van der Waals surface area contributed by atoms with E-state index in [-0.39, 0.29) is 24.6 Å². The molecule has 9 heteroatoms. The van der Waals surface area contributed by atoms with E-state index in [2.05, 4.69) is 5.32 Å². The largest absolute Gasteiger partial charge is 0.352 e. The molecule has 0 heterocycles. The highest BCUT2D eigenvalue weighted by Crippen LogP contribution is 2.22. The Bertz CT molecular complexity index is 1360. The number of carbonyl (C=O) groups excluding carboxylic acids is 2. The topological polar surface area (TPSA) is 86.8 Å². The summed E-state index contributed by atoms with van der Waals surface area (Å²) < 4.78 is 41.4. The summed E-state index contributed by atoms with van der Waals surface area (Å²) in [7, 11) is -3.86. The SMILES string of the molecule is CCc1ccc(N(CC(=O)N(Cc2ccccc2F)[C@H](Cc2ccccc2)C(=O)NC(C)C)S(C)(=O)=O)cc1. The van der Waals surface area contributed by atoms with Crippen LogP contribution >= 0.6 is 0 Å². The van der Waals surface area contributed by atoms with E-state index in [1.807, 2.05) is 63.2 Å². The molecule has 0 radical (unpaired) electrons. The molecule has 0 spiro atoms. The first-order valence-corrected chi connectivity index (χ1v) is 14.8. The molecule has 208 valence electrons. The van der Waals surface area contributed by atoms with Gasteiger partial charge in [0.15, 0.2) is 0 Å². The molecule has 0 fully saturated rings. The number of benzene rings is 3. The monoisotopic (exact) mass is 553 g/mol. The minimum atomic E-state index is -3.86. The van der Waals surface area contributed by atoms with E-state index in [1.165, 1.54) is 11.0 Å². The molecule has 0 bridgehead atoms. The fourth-order valence-electron chi connectivity index (χ4n) is 4.26. The fraction of sp³-hybridized carbons (Fsp3) is 0.333. The van der Waals surface area contributed by atoms with Crippen molar-refractivity contribution in [3.05, 3.63) is 101 Å². The second-order valence-electron chi connectivity index (χ2n) is 9.77. The molecule has 0 saturated carbocycles. The summed E-state index contributed by atoms with van der Waals surface area (Å²) in [6.07, 6.45) is 1.98. The molecule has 0 aromatic heterocycles. The first-order valence-electron chi connectivity index (χ1n) is 12.9. The van der Waals surface area contributed by atoms with Crippen LogP contribution in [0.25, 0.3) is 0 Å². The zero-order chi connectivity index (χ0) is 28.6. The van der Waals surface area contributed by atoms with Crippen molar-refractivity contribution < 1.29 is 22.4 Å². The van der Waals surface area contributed by atoms with Gasteiger partial charge in [-0.2, -0.15) is 0 Å². The van der Waals surface area contributed by atoms with Crippen molar-refractivity contribution in [1.29, 1.82) is 0 Å². The van der Waals surface area contributed by atoms with Crippen molar-refractivity contribution >= 4 is 27.5 Å². The van der Waals surface area contributed by atoms with Gasteiger partial charge >= 0.3 is 0 Å². The number of hydrogen-bond acceptors (Lipinski definition) is 4. The maximum absolute atomic E-state index is 14.8. The van der Waals surface area contributed by atoms with E-state index < -0.39 is 40.2 Å². The van der Waals surface area contributed by atoms with Gasteiger partial charge in [0.2, 0.25) is 21.8 Å². The molecule has 2 amide bonds. The predicted molar refractivity (Wildman–Crippen MR) is 152 cm³/mol. The number of sulfonamides is 1. The Kier molecular flexibility index (Phi) is 10.2. The number of nitrogens with one attached hydrogen (secondary N) is 1. The Labute approximate surface area is 230 Å². The lowest BCUT2D eigenvalue weighted by Crippen LogP contribution is -2.54. The van der Waals surface area contributed by atoms with Crippen LogP contribution in [0.2, 0.25) is 0 Å². The molecule has 0 aliphatic rings. The molecule has 0 aliphatic heterocycles. The third-order valence-corrected chi connectivity index (χ3v) is 7.45. The van der Waals surface area contributed by atoms with Gasteiger partial charge in [-0.25, -0.2) is 12.8 Å². The Morgan fingerprint density at radius 3 is 2.08 bits per heavy atom. The second kappa shape index (κ2) is 13.4. The normalized spacial score (nSPS) is 12.2. The highest BCUT2D eigenvalue weighted by atomic mass is 32.2. The number of anilines is 1. The van der Waals surface area contributed by atoms with Crippen LogP contribution in [0, 0.1) is 5.82 Å². The van der Waals surface area contributed by atoms with E-state index in [0.717, 1.165) is 28.1 Å². The molecule has 1 N–H and O–H groups in total. The number of halogens is 1. The molecule has 3 aromatic carbocycles. The molecule has 7 nitrogen and oxygen atoms in total. The van der Waals surface area contributed by atoms with Crippen LogP contribution in [0.3, 0.4) is 0 Å². The Hall–Kier alpha value is -3.72. The van der Waals surface area contributed by atoms with Gasteiger partial charge in [-0.05, 0) is 49.6 Å². The van der Waals surface area contributed by atoms with Crippen molar-refractivity contribution in [2.45, 2.75) is 52.2 Å². The Morgan fingerprint density at radius 2 is 1.51 bits per heavy atom. The zero-order valence-corrected chi connectivity index (χ0v) is 23.6. The lowest BCUT2D eigenvalue weighted by Gasteiger charge is -2.34. The number of carbonyl (C=O) groups is 2. The standard InChI is InChI=1S/C30H36FN3O4S/c1-5-23-15-17-26(18-16-23)34(39(4,37)38)21-29(35)33(20-25-13-9-10-14-27(25)31)28(30(36)32-22(2)3)19-24-11-7-6-8-12-24/h6-18,22,28H,5,19-21H2,1-4H3,(H,32,36)/t28-/m1/s1. The summed E-state index contributed by atoms with van der Waals surface area (Å²) in [5.74, 6) is -1.55. The maximum Gasteiger partial charge on any atom is 0.244 e. The Balaban J connectivity index is 2.05. The van der Waals surface area contributed by atoms with Crippen LogP contribution in [-0.4, -0.2) is 50.0 Å².